The lowest BCUT2D eigenvalue weighted by Gasteiger charge is -2.07. The minimum atomic E-state index is -1.32. The molecule has 5 heteroatoms. The Hall–Kier alpha value is -3.21. The van der Waals surface area contributed by atoms with Gasteiger partial charge in [0, 0.05) is 29.9 Å². The second kappa shape index (κ2) is 6.59. The molecule has 0 spiro atoms. The Kier molecular flexibility index (Phi) is 4.13. The molecule has 0 amide bonds. The highest BCUT2D eigenvalue weighted by atomic mass is 16.6. The number of carbonyl (C=O) groups excluding carboxylic acids is 3. The third-order valence-corrected chi connectivity index (χ3v) is 4.72. The first-order chi connectivity index (χ1) is 12.6. The van der Waals surface area contributed by atoms with Crippen molar-refractivity contribution in [3.63, 3.8) is 0 Å². The van der Waals surface area contributed by atoms with E-state index in [1.54, 1.807) is 6.20 Å². The number of rotatable bonds is 5. The monoisotopic (exact) mass is 347 g/mol. The molecule has 0 aliphatic carbocycles. The van der Waals surface area contributed by atoms with Crippen LogP contribution < -0.4 is 0 Å². The van der Waals surface area contributed by atoms with Gasteiger partial charge >= 0.3 is 5.97 Å². The topological polar surface area (TPSA) is 76.2 Å². The smallest absolute Gasteiger partial charge is 0.325 e. The molecule has 2 heterocycles. The summed E-state index contributed by atoms with van der Waals surface area (Å²) in [4.78, 5) is 40.5. The van der Waals surface area contributed by atoms with Crippen LogP contribution in [0.15, 0.2) is 60.8 Å². The Morgan fingerprint density at radius 2 is 1.73 bits per heavy atom. The summed E-state index contributed by atoms with van der Waals surface area (Å²) in [6.45, 7) is 0. The largest absolute Gasteiger partial charge is 0.453 e. The quantitative estimate of drug-likeness (QED) is 0.569. The van der Waals surface area contributed by atoms with Crippen LogP contribution in [-0.2, 0) is 32.0 Å². The zero-order valence-corrected chi connectivity index (χ0v) is 14.0. The third-order valence-electron chi connectivity index (χ3n) is 4.72. The van der Waals surface area contributed by atoms with E-state index in [-0.39, 0.29) is 6.42 Å². The number of aromatic amines is 1. The fourth-order valence-corrected chi connectivity index (χ4v) is 3.40. The normalized spacial score (nSPS) is 19.7. The summed E-state index contributed by atoms with van der Waals surface area (Å²) in [6, 6.07) is 16.9. The molecule has 2 atom stereocenters. The predicted molar refractivity (Wildman–Crippen MR) is 95.5 cm³/mol. The van der Waals surface area contributed by atoms with Gasteiger partial charge in [-0.05, 0) is 17.2 Å². The van der Waals surface area contributed by atoms with Crippen LogP contribution in [0.2, 0.25) is 0 Å². The average molecular weight is 347 g/mol. The highest BCUT2D eigenvalue weighted by molar-refractivity contribution is 6.22. The van der Waals surface area contributed by atoms with E-state index in [9.17, 15) is 14.4 Å². The van der Waals surface area contributed by atoms with Crippen molar-refractivity contribution in [2.45, 2.75) is 18.9 Å². The lowest BCUT2D eigenvalue weighted by molar-refractivity contribution is -0.146. The molecule has 3 aromatic rings. The number of ketones is 2. The molecule has 1 fully saturated rings. The molecule has 1 aliphatic rings. The summed E-state index contributed by atoms with van der Waals surface area (Å²) in [6.07, 6.45) is 1.17. The molecule has 4 rings (SSSR count). The van der Waals surface area contributed by atoms with E-state index < -0.39 is 29.6 Å². The van der Waals surface area contributed by atoms with Gasteiger partial charge < -0.3 is 9.72 Å². The zero-order valence-electron chi connectivity index (χ0n) is 14.0. The minimum Gasteiger partial charge on any atom is -0.453 e. The summed E-state index contributed by atoms with van der Waals surface area (Å²) < 4.78 is 5.20. The Morgan fingerprint density at radius 3 is 2.54 bits per heavy atom. The first-order valence-electron chi connectivity index (χ1n) is 8.49. The molecular weight excluding hydrogens is 330 g/mol. The zero-order chi connectivity index (χ0) is 18.1. The van der Waals surface area contributed by atoms with Gasteiger partial charge in [0.2, 0.25) is 0 Å². The number of para-hydroxylation sites is 1. The van der Waals surface area contributed by atoms with Gasteiger partial charge in [-0.1, -0.05) is 48.5 Å². The van der Waals surface area contributed by atoms with Crippen LogP contribution in [-0.4, -0.2) is 28.6 Å². The molecule has 2 aromatic carbocycles. The number of H-pyrrole nitrogens is 1. The molecule has 1 N–H and O–H groups in total. The second-order valence-electron chi connectivity index (χ2n) is 6.45. The van der Waals surface area contributed by atoms with Crippen LogP contribution in [0.4, 0.5) is 0 Å². The minimum absolute atomic E-state index is 0.0214. The van der Waals surface area contributed by atoms with Crippen LogP contribution in [0.5, 0.6) is 0 Å². The van der Waals surface area contributed by atoms with Gasteiger partial charge in [0.25, 0.3) is 0 Å². The molecule has 0 bridgehead atoms. The van der Waals surface area contributed by atoms with E-state index in [0.29, 0.717) is 6.42 Å². The van der Waals surface area contributed by atoms with Gasteiger partial charge in [-0.15, -0.1) is 0 Å². The highest BCUT2D eigenvalue weighted by Crippen LogP contribution is 2.25. The number of fused-ring (bicyclic) bond motifs is 1. The lowest BCUT2D eigenvalue weighted by Crippen LogP contribution is -2.29. The van der Waals surface area contributed by atoms with Gasteiger partial charge in [0.1, 0.15) is 0 Å². The van der Waals surface area contributed by atoms with Crippen molar-refractivity contribution in [3.05, 3.63) is 71.9 Å². The number of nitrogens with one attached hydrogen (secondary N) is 1. The van der Waals surface area contributed by atoms with Gasteiger partial charge in [-0.3, -0.25) is 14.4 Å². The number of carbonyl (C=O) groups is 3. The first-order valence-corrected chi connectivity index (χ1v) is 8.49. The molecule has 1 aromatic heterocycles. The number of hydrogen-bond donors (Lipinski definition) is 1. The SMILES string of the molecule is O=C(Cc1c[nH]c2ccccc12)C1C(=O)OC(Cc2ccccc2)C1=O. The van der Waals surface area contributed by atoms with Crippen LogP contribution >= 0.6 is 0 Å². The maximum Gasteiger partial charge on any atom is 0.325 e. The molecule has 1 aliphatic heterocycles. The average Bonchev–Trinajstić information content (AvgIpc) is 3.17. The number of aromatic nitrogens is 1. The van der Waals surface area contributed by atoms with Gasteiger partial charge in [-0.25, -0.2) is 0 Å². The fourth-order valence-electron chi connectivity index (χ4n) is 3.40. The van der Waals surface area contributed by atoms with E-state index in [1.165, 1.54) is 0 Å². The van der Waals surface area contributed by atoms with Crippen molar-refractivity contribution in [1.82, 2.24) is 4.98 Å². The molecule has 0 saturated carbocycles. The van der Waals surface area contributed by atoms with E-state index in [0.717, 1.165) is 22.0 Å². The number of ether oxygens (including phenoxy) is 1. The fraction of sp³-hybridized carbons (Fsp3) is 0.190. The molecular formula is C21H17NO4. The summed E-state index contributed by atoms with van der Waals surface area (Å²) in [7, 11) is 0. The van der Waals surface area contributed by atoms with Crippen LogP contribution in [0.1, 0.15) is 11.1 Å². The predicted octanol–water partition coefficient (Wildman–Crippen LogP) is 2.63. The second-order valence-corrected chi connectivity index (χ2v) is 6.45. The van der Waals surface area contributed by atoms with Crippen molar-refractivity contribution in [2.24, 2.45) is 5.92 Å². The van der Waals surface area contributed by atoms with Crippen LogP contribution in [0, 0.1) is 5.92 Å². The Balaban J connectivity index is 1.51. The number of hydrogen-bond acceptors (Lipinski definition) is 4. The van der Waals surface area contributed by atoms with E-state index in [1.807, 2.05) is 54.6 Å². The molecule has 130 valence electrons. The maximum atomic E-state index is 12.6. The van der Waals surface area contributed by atoms with Crippen LogP contribution in [0.3, 0.4) is 0 Å². The van der Waals surface area contributed by atoms with Crippen LogP contribution in [0.25, 0.3) is 10.9 Å². The lowest BCUT2D eigenvalue weighted by atomic mass is 9.92. The van der Waals surface area contributed by atoms with E-state index >= 15 is 0 Å². The Labute approximate surface area is 150 Å². The molecule has 2 unspecified atom stereocenters. The molecule has 0 radical (unpaired) electrons. The van der Waals surface area contributed by atoms with Gasteiger partial charge in [0.05, 0.1) is 0 Å². The number of cyclic esters (lactones) is 1. The summed E-state index contributed by atoms with van der Waals surface area (Å²) in [5.74, 6) is -2.91. The summed E-state index contributed by atoms with van der Waals surface area (Å²) >= 11 is 0. The van der Waals surface area contributed by atoms with E-state index in [2.05, 4.69) is 4.98 Å². The third kappa shape index (κ3) is 2.92. The van der Waals surface area contributed by atoms with Gasteiger partial charge in [-0.2, -0.15) is 0 Å². The Bertz CT molecular complexity index is 989. The number of esters is 1. The van der Waals surface area contributed by atoms with Crippen molar-refractivity contribution in [2.75, 3.05) is 0 Å². The summed E-state index contributed by atoms with van der Waals surface area (Å²) in [5.41, 5.74) is 2.58. The van der Waals surface area contributed by atoms with Crippen molar-refractivity contribution in [1.29, 1.82) is 0 Å². The van der Waals surface area contributed by atoms with E-state index in [4.69, 9.17) is 4.74 Å². The summed E-state index contributed by atoms with van der Waals surface area (Å²) in [5, 5.41) is 0.917. The molecule has 1 saturated heterocycles. The number of Topliss-reactive ketones (excluding diaryl/α,β-unsaturated/α-hetero) is 2. The Morgan fingerprint density at radius 1 is 1.00 bits per heavy atom. The highest BCUT2D eigenvalue weighted by Gasteiger charge is 2.47. The van der Waals surface area contributed by atoms with Gasteiger partial charge in [0.15, 0.2) is 23.6 Å². The maximum absolute atomic E-state index is 12.6. The van der Waals surface area contributed by atoms with Crippen molar-refractivity contribution in [3.8, 4) is 0 Å². The number of benzene rings is 2. The van der Waals surface area contributed by atoms with Crippen molar-refractivity contribution < 1.29 is 19.1 Å². The van der Waals surface area contributed by atoms with Crippen molar-refractivity contribution >= 4 is 28.4 Å². The molecule has 26 heavy (non-hydrogen) atoms. The molecule has 5 nitrogen and oxygen atoms in total. The first kappa shape index (κ1) is 16.3. The standard InChI is InChI=1S/C21H17NO4/c23-17(11-14-12-22-16-9-5-4-8-15(14)16)19-20(24)18(26-21(19)25)10-13-6-2-1-3-7-13/h1-9,12,18-19,22H,10-11H2.